The minimum atomic E-state index is -0.879. The maximum absolute atomic E-state index is 13.3. The second kappa shape index (κ2) is 10.6. The standard InChI is InChI=1S/C28H23Cl2NO5/c1-3-36-23(32)14-17-7-10-20(11-8-17)31-25(18-6-4-5-16(2)13-18)24(27(34)28(31)35)26(33)19-9-12-21(29)22(30)15-19/h4-13,15,25,33H,3,14H2,1-2H3/b26-24-. The van der Waals surface area contributed by atoms with Crippen LogP contribution in [0.5, 0.6) is 0 Å². The van der Waals surface area contributed by atoms with Crippen molar-refractivity contribution in [2.45, 2.75) is 26.3 Å². The highest BCUT2D eigenvalue weighted by Gasteiger charge is 2.47. The van der Waals surface area contributed by atoms with E-state index in [9.17, 15) is 19.5 Å². The molecule has 1 amide bonds. The zero-order chi connectivity index (χ0) is 26.0. The number of benzene rings is 3. The van der Waals surface area contributed by atoms with Gasteiger partial charge in [-0.15, -0.1) is 0 Å². The fourth-order valence-electron chi connectivity index (χ4n) is 4.21. The third-order valence-corrected chi connectivity index (χ3v) is 6.60. The summed E-state index contributed by atoms with van der Waals surface area (Å²) in [5, 5.41) is 11.7. The van der Waals surface area contributed by atoms with Crippen molar-refractivity contribution in [2.75, 3.05) is 11.5 Å². The number of carbonyl (C=O) groups excluding carboxylic acids is 3. The molecule has 1 heterocycles. The van der Waals surface area contributed by atoms with Crippen LogP contribution < -0.4 is 4.90 Å². The first-order valence-corrected chi connectivity index (χ1v) is 12.0. The first kappa shape index (κ1) is 25.5. The van der Waals surface area contributed by atoms with Gasteiger partial charge in [-0.25, -0.2) is 0 Å². The Bertz CT molecular complexity index is 1380. The Kier molecular flexibility index (Phi) is 7.48. The summed E-state index contributed by atoms with van der Waals surface area (Å²) in [5.41, 5.74) is 2.95. The number of aryl methyl sites for hydroxylation is 1. The van der Waals surface area contributed by atoms with Crippen LogP contribution in [0.1, 0.15) is 35.2 Å². The van der Waals surface area contributed by atoms with Crippen LogP contribution in [0, 0.1) is 6.92 Å². The summed E-state index contributed by atoms with van der Waals surface area (Å²) < 4.78 is 4.99. The number of anilines is 1. The van der Waals surface area contributed by atoms with Crippen LogP contribution in [-0.4, -0.2) is 29.4 Å². The molecular formula is C28H23Cl2NO5. The number of hydrogen-bond donors (Lipinski definition) is 1. The van der Waals surface area contributed by atoms with Gasteiger partial charge in [-0.2, -0.15) is 0 Å². The number of Topliss-reactive ketones (excluding diaryl/α,β-unsaturated/α-hetero) is 1. The van der Waals surface area contributed by atoms with Crippen molar-refractivity contribution >= 4 is 52.3 Å². The molecule has 36 heavy (non-hydrogen) atoms. The lowest BCUT2D eigenvalue weighted by atomic mass is 9.94. The average molecular weight is 524 g/mol. The second-order valence-corrected chi connectivity index (χ2v) is 9.17. The van der Waals surface area contributed by atoms with Crippen LogP contribution in [-0.2, 0) is 25.5 Å². The van der Waals surface area contributed by atoms with E-state index in [1.54, 1.807) is 37.3 Å². The molecule has 8 heteroatoms. The van der Waals surface area contributed by atoms with Crippen LogP contribution >= 0.6 is 23.2 Å². The van der Waals surface area contributed by atoms with Crippen LogP contribution in [0.3, 0.4) is 0 Å². The maximum Gasteiger partial charge on any atom is 0.310 e. The highest BCUT2D eigenvalue weighted by Crippen LogP contribution is 2.42. The average Bonchev–Trinajstić information content (AvgIpc) is 3.11. The molecule has 184 valence electrons. The zero-order valence-corrected chi connectivity index (χ0v) is 21.1. The third-order valence-electron chi connectivity index (χ3n) is 5.86. The largest absolute Gasteiger partial charge is 0.507 e. The molecule has 1 fully saturated rings. The van der Waals surface area contributed by atoms with E-state index in [0.717, 1.165) is 5.56 Å². The number of nitrogens with zero attached hydrogens (tertiary/aromatic N) is 1. The number of halogens is 2. The van der Waals surface area contributed by atoms with E-state index in [1.807, 2.05) is 25.1 Å². The van der Waals surface area contributed by atoms with Gasteiger partial charge in [-0.1, -0.05) is 65.2 Å². The van der Waals surface area contributed by atoms with Crippen molar-refractivity contribution in [3.63, 3.8) is 0 Å². The van der Waals surface area contributed by atoms with Crippen molar-refractivity contribution < 1.29 is 24.2 Å². The molecule has 3 aromatic carbocycles. The summed E-state index contributed by atoms with van der Waals surface area (Å²) in [4.78, 5) is 39.8. The molecule has 4 rings (SSSR count). The Morgan fingerprint density at radius 2 is 1.72 bits per heavy atom. The third kappa shape index (κ3) is 5.01. The van der Waals surface area contributed by atoms with E-state index >= 15 is 0 Å². The topological polar surface area (TPSA) is 83.9 Å². The summed E-state index contributed by atoms with van der Waals surface area (Å²) in [5.74, 6) is -2.30. The van der Waals surface area contributed by atoms with Gasteiger partial charge >= 0.3 is 5.97 Å². The lowest BCUT2D eigenvalue weighted by Gasteiger charge is -2.26. The Morgan fingerprint density at radius 1 is 1.00 bits per heavy atom. The molecule has 1 N–H and O–H groups in total. The molecule has 1 unspecified atom stereocenters. The van der Waals surface area contributed by atoms with Crippen molar-refractivity contribution in [3.05, 3.63) is 105 Å². The lowest BCUT2D eigenvalue weighted by molar-refractivity contribution is -0.142. The van der Waals surface area contributed by atoms with Gasteiger partial charge in [0.15, 0.2) is 0 Å². The number of aliphatic hydroxyl groups is 1. The molecule has 0 aliphatic carbocycles. The number of esters is 1. The Balaban J connectivity index is 1.83. The molecule has 0 radical (unpaired) electrons. The minimum absolute atomic E-state index is 0.0559. The molecule has 0 bridgehead atoms. The zero-order valence-electron chi connectivity index (χ0n) is 19.6. The van der Waals surface area contributed by atoms with Gasteiger partial charge in [-0.3, -0.25) is 19.3 Å². The molecule has 3 aromatic rings. The first-order valence-electron chi connectivity index (χ1n) is 11.3. The van der Waals surface area contributed by atoms with Gasteiger partial charge in [-0.05, 0) is 55.3 Å². The number of rotatable bonds is 6. The van der Waals surface area contributed by atoms with Crippen LogP contribution in [0.15, 0.2) is 72.3 Å². The Hall–Kier alpha value is -3.61. The van der Waals surface area contributed by atoms with E-state index in [4.69, 9.17) is 27.9 Å². The molecule has 6 nitrogen and oxygen atoms in total. The molecular weight excluding hydrogens is 501 g/mol. The summed E-state index contributed by atoms with van der Waals surface area (Å²) in [6.45, 7) is 3.93. The quantitative estimate of drug-likeness (QED) is 0.184. The Labute approximate surface area is 218 Å². The number of amides is 1. The minimum Gasteiger partial charge on any atom is -0.507 e. The number of carbonyl (C=O) groups is 3. The molecule has 0 saturated carbocycles. The Morgan fingerprint density at radius 3 is 2.36 bits per heavy atom. The maximum atomic E-state index is 13.3. The van der Waals surface area contributed by atoms with Gasteiger partial charge in [0.05, 0.1) is 34.7 Å². The SMILES string of the molecule is CCOC(=O)Cc1ccc(N2C(=O)C(=O)/C(=C(\O)c3ccc(Cl)c(Cl)c3)C2c2cccc(C)c2)cc1. The predicted molar refractivity (Wildman–Crippen MR) is 139 cm³/mol. The van der Waals surface area contributed by atoms with Crippen molar-refractivity contribution in [1.29, 1.82) is 0 Å². The lowest BCUT2D eigenvalue weighted by Crippen LogP contribution is -2.29. The summed E-state index contributed by atoms with van der Waals surface area (Å²) in [7, 11) is 0. The van der Waals surface area contributed by atoms with Gasteiger partial charge in [0, 0.05) is 11.3 Å². The first-order chi connectivity index (χ1) is 17.2. The van der Waals surface area contributed by atoms with Gasteiger partial charge < -0.3 is 9.84 Å². The number of ketones is 1. The predicted octanol–water partition coefficient (Wildman–Crippen LogP) is 6.03. The fourth-order valence-corrected chi connectivity index (χ4v) is 4.50. The monoisotopic (exact) mass is 523 g/mol. The van der Waals surface area contributed by atoms with E-state index in [1.165, 1.54) is 23.1 Å². The molecule has 0 aromatic heterocycles. The number of aliphatic hydroxyl groups excluding tert-OH is 1. The van der Waals surface area contributed by atoms with Crippen LogP contribution in [0.4, 0.5) is 5.69 Å². The van der Waals surface area contributed by atoms with Gasteiger partial charge in [0.2, 0.25) is 0 Å². The van der Waals surface area contributed by atoms with Gasteiger partial charge in [0.25, 0.3) is 11.7 Å². The van der Waals surface area contributed by atoms with Crippen molar-refractivity contribution in [3.8, 4) is 0 Å². The van der Waals surface area contributed by atoms with E-state index in [0.29, 0.717) is 21.8 Å². The van der Waals surface area contributed by atoms with E-state index < -0.39 is 17.7 Å². The fraction of sp³-hybridized carbons (Fsp3) is 0.179. The van der Waals surface area contributed by atoms with Crippen molar-refractivity contribution in [2.24, 2.45) is 0 Å². The van der Waals surface area contributed by atoms with Crippen LogP contribution in [0.2, 0.25) is 10.0 Å². The summed E-state index contributed by atoms with van der Waals surface area (Å²) in [6, 6.07) is 17.8. The van der Waals surface area contributed by atoms with E-state index in [-0.39, 0.29) is 40.9 Å². The highest BCUT2D eigenvalue weighted by atomic mass is 35.5. The van der Waals surface area contributed by atoms with E-state index in [2.05, 4.69) is 0 Å². The molecule has 1 aliphatic heterocycles. The highest BCUT2D eigenvalue weighted by molar-refractivity contribution is 6.51. The number of hydrogen-bond acceptors (Lipinski definition) is 5. The summed E-state index contributed by atoms with van der Waals surface area (Å²) >= 11 is 12.2. The van der Waals surface area contributed by atoms with Gasteiger partial charge in [0.1, 0.15) is 5.76 Å². The smallest absolute Gasteiger partial charge is 0.310 e. The molecule has 1 saturated heterocycles. The second-order valence-electron chi connectivity index (χ2n) is 8.36. The summed E-state index contributed by atoms with van der Waals surface area (Å²) in [6.07, 6.45) is 0.0889. The van der Waals surface area contributed by atoms with Crippen molar-refractivity contribution in [1.82, 2.24) is 0 Å². The molecule has 1 atom stereocenters. The molecule has 1 aliphatic rings. The van der Waals surface area contributed by atoms with Crippen LogP contribution in [0.25, 0.3) is 5.76 Å². The number of ether oxygens (including phenoxy) is 1. The molecule has 0 spiro atoms. The normalized spacial score (nSPS) is 16.9.